The third kappa shape index (κ3) is 1.51. The van der Waals surface area contributed by atoms with Gasteiger partial charge in [-0.3, -0.25) is 4.79 Å². The van der Waals surface area contributed by atoms with Gasteiger partial charge in [-0.2, -0.15) is 0 Å². The minimum atomic E-state index is -0.346. The Kier molecular flexibility index (Phi) is 2.25. The molecule has 0 aliphatic heterocycles. The lowest BCUT2D eigenvalue weighted by Gasteiger charge is -1.92. The first-order chi connectivity index (χ1) is 6.68. The van der Waals surface area contributed by atoms with Crippen LogP contribution in [-0.2, 0) is 18.3 Å². The van der Waals surface area contributed by atoms with E-state index in [1.54, 1.807) is 6.20 Å². The van der Waals surface area contributed by atoms with Crippen LogP contribution in [0.25, 0.3) is 11.0 Å². The van der Waals surface area contributed by atoms with Crippen LogP contribution in [0, 0.1) is 0 Å². The van der Waals surface area contributed by atoms with Crippen molar-refractivity contribution in [3.05, 3.63) is 30.1 Å². The molecule has 0 saturated heterocycles. The average molecular weight is 209 g/mol. The van der Waals surface area contributed by atoms with Crippen LogP contribution in [0.15, 0.2) is 24.5 Å². The van der Waals surface area contributed by atoms with E-state index in [0.29, 0.717) is 0 Å². The quantitative estimate of drug-likeness (QED) is 0.707. The number of hydrogen-bond acceptors (Lipinski definition) is 2. The first kappa shape index (κ1) is 9.21. The number of fused-ring (bicyclic) bond motifs is 1. The lowest BCUT2D eigenvalue weighted by Crippen LogP contribution is -1.91. The summed E-state index contributed by atoms with van der Waals surface area (Å²) in [7, 11) is 1.90. The van der Waals surface area contributed by atoms with Crippen molar-refractivity contribution in [2.75, 3.05) is 0 Å². The number of carbonyl (C=O) groups excluding carboxylic acids is 1. The Balaban J connectivity index is 2.60. The maximum Gasteiger partial charge on any atom is 0.226 e. The molecule has 0 spiro atoms. The highest BCUT2D eigenvalue weighted by Crippen LogP contribution is 2.19. The second-order valence-electron chi connectivity index (χ2n) is 3.17. The Labute approximate surface area is 86.3 Å². The summed E-state index contributed by atoms with van der Waals surface area (Å²) < 4.78 is 1.89. The molecule has 0 radical (unpaired) electrons. The van der Waals surface area contributed by atoms with Crippen molar-refractivity contribution >= 4 is 27.9 Å². The molecule has 0 N–H and O–H groups in total. The van der Waals surface area contributed by atoms with Gasteiger partial charge in [-0.15, -0.1) is 0 Å². The van der Waals surface area contributed by atoms with E-state index in [9.17, 15) is 4.79 Å². The molecule has 0 amide bonds. The fourth-order valence-electron chi connectivity index (χ4n) is 1.58. The molecule has 0 aromatic carbocycles. The Bertz CT molecular complexity index is 490. The second-order valence-corrected chi connectivity index (χ2v) is 3.59. The summed E-state index contributed by atoms with van der Waals surface area (Å²) in [6.45, 7) is 0. The Morgan fingerprint density at radius 1 is 1.64 bits per heavy atom. The maximum atomic E-state index is 10.8. The van der Waals surface area contributed by atoms with Gasteiger partial charge in [-0.05, 0) is 29.3 Å². The van der Waals surface area contributed by atoms with Crippen LogP contribution in [0.1, 0.15) is 5.56 Å². The molecular weight excluding hydrogens is 200 g/mol. The molecule has 0 aliphatic rings. The minimum Gasteiger partial charge on any atom is -0.335 e. The molecule has 14 heavy (non-hydrogen) atoms. The van der Waals surface area contributed by atoms with E-state index >= 15 is 0 Å². The van der Waals surface area contributed by atoms with Gasteiger partial charge in [0.15, 0.2) is 0 Å². The van der Waals surface area contributed by atoms with Crippen LogP contribution < -0.4 is 0 Å². The molecule has 4 heteroatoms. The normalized spacial score (nSPS) is 10.7. The predicted octanol–water partition coefficient (Wildman–Crippen LogP) is 1.88. The number of aryl methyl sites for hydroxylation is 1. The van der Waals surface area contributed by atoms with Gasteiger partial charge in [0, 0.05) is 31.2 Å². The third-order valence-electron chi connectivity index (χ3n) is 2.15. The molecule has 72 valence electrons. The molecule has 0 fully saturated rings. The van der Waals surface area contributed by atoms with Gasteiger partial charge in [-0.25, -0.2) is 4.98 Å². The molecule has 0 saturated carbocycles. The maximum absolute atomic E-state index is 10.8. The van der Waals surface area contributed by atoms with Crippen molar-refractivity contribution in [2.24, 2.45) is 7.05 Å². The smallest absolute Gasteiger partial charge is 0.226 e. The molecule has 2 aromatic rings. The molecule has 0 aliphatic carbocycles. The van der Waals surface area contributed by atoms with Crippen LogP contribution in [0.2, 0.25) is 0 Å². The molecule has 0 atom stereocenters. The van der Waals surface area contributed by atoms with Crippen molar-refractivity contribution in [3.8, 4) is 0 Å². The van der Waals surface area contributed by atoms with E-state index in [0.717, 1.165) is 16.6 Å². The summed E-state index contributed by atoms with van der Waals surface area (Å²) in [5.74, 6) is 0. The summed E-state index contributed by atoms with van der Waals surface area (Å²) >= 11 is 5.35. The largest absolute Gasteiger partial charge is 0.335 e. The standard InChI is InChI=1S/C10H9ClN2O/c1-13-6-7(5-9(11)14)8-3-2-4-12-10(8)13/h2-4,6H,5H2,1H3. The van der Waals surface area contributed by atoms with E-state index < -0.39 is 0 Å². The van der Waals surface area contributed by atoms with Crippen LogP contribution in [0.5, 0.6) is 0 Å². The number of carbonyl (C=O) groups is 1. The van der Waals surface area contributed by atoms with Crippen molar-refractivity contribution < 1.29 is 4.79 Å². The molecule has 0 bridgehead atoms. The van der Waals surface area contributed by atoms with Crippen molar-refractivity contribution in [1.82, 2.24) is 9.55 Å². The Morgan fingerprint density at radius 2 is 2.43 bits per heavy atom. The van der Waals surface area contributed by atoms with Crippen LogP contribution in [0.3, 0.4) is 0 Å². The number of halogens is 1. The fourth-order valence-corrected chi connectivity index (χ4v) is 1.73. The van der Waals surface area contributed by atoms with Gasteiger partial charge in [0.2, 0.25) is 5.24 Å². The lowest BCUT2D eigenvalue weighted by molar-refractivity contribution is -0.111. The van der Waals surface area contributed by atoms with Crippen molar-refractivity contribution in [1.29, 1.82) is 0 Å². The summed E-state index contributed by atoms with van der Waals surface area (Å²) in [6.07, 6.45) is 3.87. The molecule has 0 unspecified atom stereocenters. The van der Waals surface area contributed by atoms with E-state index in [1.165, 1.54) is 0 Å². The first-order valence-electron chi connectivity index (χ1n) is 4.26. The molecule has 2 rings (SSSR count). The van der Waals surface area contributed by atoms with Gasteiger partial charge in [0.25, 0.3) is 0 Å². The summed E-state index contributed by atoms with van der Waals surface area (Å²) in [6, 6.07) is 3.79. The average Bonchev–Trinajstić information content (AvgIpc) is 2.44. The van der Waals surface area contributed by atoms with Gasteiger partial charge in [0.05, 0.1) is 0 Å². The van der Waals surface area contributed by atoms with E-state index in [-0.39, 0.29) is 11.7 Å². The van der Waals surface area contributed by atoms with E-state index in [4.69, 9.17) is 11.6 Å². The SMILES string of the molecule is Cn1cc(CC(=O)Cl)c2cccnc21. The van der Waals surface area contributed by atoms with Crippen molar-refractivity contribution in [3.63, 3.8) is 0 Å². The van der Waals surface area contributed by atoms with Crippen LogP contribution in [-0.4, -0.2) is 14.8 Å². The number of aromatic nitrogens is 2. The highest BCUT2D eigenvalue weighted by Gasteiger charge is 2.08. The van der Waals surface area contributed by atoms with Gasteiger partial charge in [0.1, 0.15) is 5.65 Å². The summed E-state index contributed by atoms with van der Waals surface area (Å²) in [5.41, 5.74) is 1.80. The lowest BCUT2D eigenvalue weighted by atomic mass is 10.2. The zero-order valence-electron chi connectivity index (χ0n) is 7.70. The molecule has 2 aromatic heterocycles. The molecule has 3 nitrogen and oxygen atoms in total. The topological polar surface area (TPSA) is 34.9 Å². The monoisotopic (exact) mass is 208 g/mol. The van der Waals surface area contributed by atoms with Gasteiger partial charge < -0.3 is 4.57 Å². The second kappa shape index (κ2) is 3.42. The highest BCUT2D eigenvalue weighted by molar-refractivity contribution is 6.63. The minimum absolute atomic E-state index is 0.255. The number of pyridine rings is 1. The highest BCUT2D eigenvalue weighted by atomic mass is 35.5. The van der Waals surface area contributed by atoms with Gasteiger partial charge in [-0.1, -0.05) is 0 Å². The summed E-state index contributed by atoms with van der Waals surface area (Å²) in [5, 5.41) is 0.644. The van der Waals surface area contributed by atoms with Crippen LogP contribution in [0.4, 0.5) is 0 Å². The zero-order chi connectivity index (χ0) is 10.1. The number of nitrogens with zero attached hydrogens (tertiary/aromatic N) is 2. The summed E-state index contributed by atoms with van der Waals surface area (Å²) in [4.78, 5) is 15.0. The van der Waals surface area contributed by atoms with Crippen LogP contribution >= 0.6 is 11.6 Å². The number of hydrogen-bond donors (Lipinski definition) is 0. The third-order valence-corrected chi connectivity index (χ3v) is 2.28. The van der Waals surface area contributed by atoms with Gasteiger partial charge >= 0.3 is 0 Å². The Morgan fingerprint density at radius 3 is 3.14 bits per heavy atom. The zero-order valence-corrected chi connectivity index (χ0v) is 8.45. The number of rotatable bonds is 2. The fraction of sp³-hybridized carbons (Fsp3) is 0.200. The molecule has 2 heterocycles. The van der Waals surface area contributed by atoms with E-state index in [2.05, 4.69) is 4.98 Å². The van der Waals surface area contributed by atoms with Crippen molar-refractivity contribution in [2.45, 2.75) is 6.42 Å². The first-order valence-corrected chi connectivity index (χ1v) is 4.63. The Hall–Kier alpha value is -1.35. The predicted molar refractivity (Wildman–Crippen MR) is 55.3 cm³/mol. The molecular formula is C10H9ClN2O. The van der Waals surface area contributed by atoms with E-state index in [1.807, 2.05) is 29.9 Å².